The van der Waals surface area contributed by atoms with Crippen molar-refractivity contribution < 1.29 is 18.7 Å². The van der Waals surface area contributed by atoms with Crippen molar-refractivity contribution in [2.45, 2.75) is 18.9 Å². The summed E-state index contributed by atoms with van der Waals surface area (Å²) in [5.74, 6) is -0.438. The van der Waals surface area contributed by atoms with Gasteiger partial charge in [0.2, 0.25) is 0 Å². The number of rotatable bonds is 5. The van der Waals surface area contributed by atoms with E-state index in [1.165, 1.54) is 6.26 Å². The molecular formula is C17H17IN2O4. The number of benzene rings is 1. The normalized spacial score (nSPS) is 16.8. The van der Waals surface area contributed by atoms with Gasteiger partial charge in [-0.05, 0) is 65.8 Å². The van der Waals surface area contributed by atoms with E-state index in [-0.39, 0.29) is 17.8 Å². The summed E-state index contributed by atoms with van der Waals surface area (Å²) in [7, 11) is 0. The van der Waals surface area contributed by atoms with Gasteiger partial charge >= 0.3 is 0 Å². The second-order valence-electron chi connectivity index (χ2n) is 5.47. The van der Waals surface area contributed by atoms with Crippen LogP contribution in [0.15, 0.2) is 41.0 Å². The van der Waals surface area contributed by atoms with Crippen molar-refractivity contribution in [3.63, 3.8) is 0 Å². The van der Waals surface area contributed by atoms with Crippen molar-refractivity contribution in [2.75, 3.05) is 18.5 Å². The molecule has 2 aromatic rings. The number of hydrogen-bond donors (Lipinski definition) is 2. The Kier molecular flexibility index (Phi) is 5.52. The summed E-state index contributed by atoms with van der Waals surface area (Å²) in [5.41, 5.74) is 0.862. The minimum atomic E-state index is -0.394. The molecular weight excluding hydrogens is 423 g/mol. The maximum atomic E-state index is 12.5. The van der Waals surface area contributed by atoms with Crippen molar-refractivity contribution in [1.82, 2.24) is 5.32 Å². The molecule has 1 atom stereocenters. The lowest BCUT2D eigenvalue weighted by Crippen LogP contribution is -2.32. The van der Waals surface area contributed by atoms with Crippen LogP contribution in [0.1, 0.15) is 33.8 Å². The first-order valence-electron chi connectivity index (χ1n) is 7.67. The van der Waals surface area contributed by atoms with Gasteiger partial charge in [0.1, 0.15) is 0 Å². The lowest BCUT2D eigenvalue weighted by Gasteiger charge is -2.14. The van der Waals surface area contributed by atoms with Gasteiger partial charge < -0.3 is 19.8 Å². The Labute approximate surface area is 153 Å². The zero-order valence-electron chi connectivity index (χ0n) is 12.9. The molecule has 6 nitrogen and oxygen atoms in total. The summed E-state index contributed by atoms with van der Waals surface area (Å²) in [5, 5.41) is 5.60. The average molecular weight is 440 g/mol. The summed E-state index contributed by atoms with van der Waals surface area (Å²) < 4.78 is 11.5. The van der Waals surface area contributed by atoms with E-state index in [0.29, 0.717) is 17.8 Å². The summed E-state index contributed by atoms with van der Waals surface area (Å²) in [4.78, 5) is 24.6. The molecule has 0 bridgehead atoms. The van der Waals surface area contributed by atoms with E-state index in [1.54, 1.807) is 24.3 Å². The first-order valence-corrected chi connectivity index (χ1v) is 8.75. The van der Waals surface area contributed by atoms with E-state index in [1.807, 2.05) is 6.07 Å². The summed E-state index contributed by atoms with van der Waals surface area (Å²) in [6, 6.07) is 8.49. The van der Waals surface area contributed by atoms with Crippen LogP contribution in [-0.4, -0.2) is 31.1 Å². The zero-order chi connectivity index (χ0) is 16.9. The molecule has 1 aliphatic heterocycles. The van der Waals surface area contributed by atoms with Gasteiger partial charge in [-0.3, -0.25) is 9.59 Å². The van der Waals surface area contributed by atoms with Crippen LogP contribution >= 0.6 is 22.6 Å². The third-order valence-electron chi connectivity index (χ3n) is 3.73. The number of ether oxygens (including phenoxy) is 1. The van der Waals surface area contributed by atoms with E-state index in [0.717, 1.165) is 23.0 Å². The lowest BCUT2D eigenvalue weighted by molar-refractivity contribution is 0.0858. The molecule has 0 saturated carbocycles. The molecule has 0 spiro atoms. The molecule has 1 aliphatic rings. The molecule has 24 heavy (non-hydrogen) atoms. The van der Waals surface area contributed by atoms with Crippen LogP contribution in [0.4, 0.5) is 5.69 Å². The van der Waals surface area contributed by atoms with Crippen LogP contribution in [0, 0.1) is 3.57 Å². The quantitative estimate of drug-likeness (QED) is 0.701. The first-order chi connectivity index (χ1) is 11.6. The topological polar surface area (TPSA) is 80.6 Å². The molecule has 0 aliphatic carbocycles. The minimum Gasteiger partial charge on any atom is -0.459 e. The van der Waals surface area contributed by atoms with Crippen LogP contribution in [0.2, 0.25) is 0 Å². The van der Waals surface area contributed by atoms with E-state index >= 15 is 0 Å². The Morgan fingerprint density at radius 2 is 2.12 bits per heavy atom. The minimum absolute atomic E-state index is 0.0675. The molecule has 1 saturated heterocycles. The monoisotopic (exact) mass is 440 g/mol. The van der Waals surface area contributed by atoms with Gasteiger partial charge in [0.15, 0.2) is 5.76 Å². The van der Waals surface area contributed by atoms with Crippen molar-refractivity contribution in [3.8, 4) is 0 Å². The largest absolute Gasteiger partial charge is 0.459 e. The van der Waals surface area contributed by atoms with Crippen molar-refractivity contribution in [2.24, 2.45) is 0 Å². The summed E-state index contributed by atoms with van der Waals surface area (Å²) in [6.45, 7) is 1.21. The fourth-order valence-corrected chi connectivity index (χ4v) is 3.00. The highest BCUT2D eigenvalue weighted by atomic mass is 127. The Morgan fingerprint density at radius 1 is 1.25 bits per heavy atom. The van der Waals surface area contributed by atoms with E-state index in [4.69, 9.17) is 9.15 Å². The molecule has 1 fully saturated rings. The van der Waals surface area contributed by atoms with Crippen LogP contribution in [0.5, 0.6) is 0 Å². The highest BCUT2D eigenvalue weighted by molar-refractivity contribution is 14.1. The number of carbonyl (C=O) groups excluding carboxylic acids is 2. The van der Waals surface area contributed by atoms with Gasteiger partial charge in [0.25, 0.3) is 11.8 Å². The molecule has 126 valence electrons. The summed E-state index contributed by atoms with van der Waals surface area (Å²) in [6.07, 6.45) is 3.47. The zero-order valence-corrected chi connectivity index (χ0v) is 15.0. The van der Waals surface area contributed by atoms with Crippen LogP contribution in [0.25, 0.3) is 0 Å². The van der Waals surface area contributed by atoms with E-state index < -0.39 is 5.91 Å². The van der Waals surface area contributed by atoms with Crippen LogP contribution < -0.4 is 10.6 Å². The van der Waals surface area contributed by atoms with Gasteiger partial charge in [0, 0.05) is 16.7 Å². The number of nitrogens with one attached hydrogen (secondary N) is 2. The average Bonchev–Trinajstić information content (AvgIpc) is 3.27. The predicted octanol–water partition coefficient (Wildman–Crippen LogP) is 3.05. The Balaban J connectivity index is 1.72. The SMILES string of the molecule is O=C(Nc1ccc(I)cc1C(=O)NC[C@@H]1CCCO1)c1ccco1. The molecule has 1 aromatic carbocycles. The summed E-state index contributed by atoms with van der Waals surface area (Å²) >= 11 is 2.13. The van der Waals surface area contributed by atoms with Crippen molar-refractivity contribution >= 4 is 40.1 Å². The third kappa shape index (κ3) is 4.15. The molecule has 0 unspecified atom stereocenters. The van der Waals surface area contributed by atoms with Gasteiger partial charge in [-0.1, -0.05) is 0 Å². The maximum absolute atomic E-state index is 12.5. The second-order valence-corrected chi connectivity index (χ2v) is 6.71. The molecule has 3 rings (SSSR count). The Bertz CT molecular complexity index is 724. The van der Waals surface area contributed by atoms with Gasteiger partial charge in [-0.2, -0.15) is 0 Å². The number of hydrogen-bond acceptors (Lipinski definition) is 4. The Morgan fingerprint density at radius 3 is 2.83 bits per heavy atom. The highest BCUT2D eigenvalue weighted by Gasteiger charge is 2.19. The molecule has 1 aromatic heterocycles. The number of halogens is 1. The number of carbonyl (C=O) groups is 2. The number of amides is 2. The molecule has 7 heteroatoms. The third-order valence-corrected chi connectivity index (χ3v) is 4.40. The van der Waals surface area contributed by atoms with Crippen LogP contribution in [-0.2, 0) is 4.74 Å². The first kappa shape index (κ1) is 17.0. The smallest absolute Gasteiger partial charge is 0.291 e. The van der Waals surface area contributed by atoms with Gasteiger partial charge in [-0.25, -0.2) is 0 Å². The Hall–Kier alpha value is -1.87. The second kappa shape index (κ2) is 7.80. The molecule has 0 radical (unpaired) electrons. The fourth-order valence-electron chi connectivity index (χ4n) is 2.51. The maximum Gasteiger partial charge on any atom is 0.291 e. The van der Waals surface area contributed by atoms with E-state index in [9.17, 15) is 9.59 Å². The number of anilines is 1. The van der Waals surface area contributed by atoms with Gasteiger partial charge in [-0.15, -0.1) is 0 Å². The molecule has 2 amide bonds. The molecule has 2 N–H and O–H groups in total. The van der Waals surface area contributed by atoms with Crippen molar-refractivity contribution in [3.05, 3.63) is 51.5 Å². The predicted molar refractivity (Wildman–Crippen MR) is 97.1 cm³/mol. The highest BCUT2D eigenvalue weighted by Crippen LogP contribution is 2.20. The van der Waals surface area contributed by atoms with E-state index in [2.05, 4.69) is 33.2 Å². The van der Waals surface area contributed by atoms with Crippen molar-refractivity contribution in [1.29, 1.82) is 0 Å². The lowest BCUT2D eigenvalue weighted by atomic mass is 10.1. The standard InChI is InChI=1S/C17H17IN2O4/c18-11-5-6-14(20-17(22)15-4-2-8-24-15)13(9-11)16(21)19-10-12-3-1-7-23-12/h2,4-6,8-9,12H,1,3,7,10H2,(H,19,21)(H,20,22)/t12-/m0/s1. The van der Waals surface area contributed by atoms with Crippen LogP contribution in [0.3, 0.4) is 0 Å². The van der Waals surface area contributed by atoms with Gasteiger partial charge in [0.05, 0.1) is 23.6 Å². The number of furan rings is 1. The fraction of sp³-hybridized carbons (Fsp3) is 0.294. The molecule has 2 heterocycles.